The smallest absolute Gasteiger partial charge is 0.245 e. The third-order valence-corrected chi connectivity index (χ3v) is 3.77. The number of amides is 1. The van der Waals surface area contributed by atoms with Crippen molar-refractivity contribution >= 4 is 17.5 Å². The molecule has 1 aromatic rings. The molecule has 0 bridgehead atoms. The predicted molar refractivity (Wildman–Crippen MR) is 84.7 cm³/mol. The summed E-state index contributed by atoms with van der Waals surface area (Å²) in [6.07, 6.45) is 0. The summed E-state index contributed by atoms with van der Waals surface area (Å²) in [5.74, 6) is 2.35. The first-order valence-corrected chi connectivity index (χ1v) is 7.29. The molecule has 1 aliphatic rings. The van der Waals surface area contributed by atoms with Gasteiger partial charge in [0.25, 0.3) is 0 Å². The van der Waals surface area contributed by atoms with Gasteiger partial charge in [0, 0.05) is 31.6 Å². The minimum Gasteiger partial charge on any atom is -0.373 e. The number of anilines is 2. The first-order valence-electron chi connectivity index (χ1n) is 7.29. The molecule has 1 amide bonds. The van der Waals surface area contributed by atoms with E-state index in [1.807, 2.05) is 31.9 Å². The molecule has 1 saturated heterocycles. The van der Waals surface area contributed by atoms with E-state index in [9.17, 15) is 4.79 Å². The maximum absolute atomic E-state index is 12.1. The summed E-state index contributed by atoms with van der Waals surface area (Å²) in [6, 6.07) is 1.90. The summed E-state index contributed by atoms with van der Waals surface area (Å²) < 4.78 is 0. The van der Waals surface area contributed by atoms with E-state index in [1.54, 1.807) is 0 Å². The van der Waals surface area contributed by atoms with Gasteiger partial charge >= 0.3 is 0 Å². The molecule has 0 saturated carbocycles. The van der Waals surface area contributed by atoms with Crippen LogP contribution in [0.3, 0.4) is 0 Å². The summed E-state index contributed by atoms with van der Waals surface area (Å²) >= 11 is 0. The van der Waals surface area contributed by atoms with Crippen LogP contribution in [-0.4, -0.2) is 41.6 Å². The number of piperazine rings is 1. The molecule has 1 fully saturated rings. The minimum atomic E-state index is -0.618. The molecule has 2 N–H and O–H groups in total. The van der Waals surface area contributed by atoms with Gasteiger partial charge in [0.05, 0.1) is 0 Å². The molecular weight excluding hydrogens is 266 g/mol. The lowest BCUT2D eigenvalue weighted by Gasteiger charge is -2.42. The van der Waals surface area contributed by atoms with Crippen molar-refractivity contribution in [1.82, 2.24) is 15.3 Å². The van der Waals surface area contributed by atoms with E-state index in [-0.39, 0.29) is 11.3 Å². The lowest BCUT2D eigenvalue weighted by Crippen LogP contribution is -2.62. The Balaban J connectivity index is 2.50. The van der Waals surface area contributed by atoms with E-state index in [2.05, 4.69) is 36.4 Å². The summed E-state index contributed by atoms with van der Waals surface area (Å²) in [7, 11) is 1.84. The highest BCUT2D eigenvalue weighted by atomic mass is 16.2. The number of rotatable bonds is 2. The quantitative estimate of drug-likeness (QED) is 0.865. The van der Waals surface area contributed by atoms with Crippen molar-refractivity contribution in [2.75, 3.05) is 30.4 Å². The van der Waals surface area contributed by atoms with Gasteiger partial charge in [0.1, 0.15) is 23.0 Å². The van der Waals surface area contributed by atoms with Gasteiger partial charge in [-0.25, -0.2) is 9.97 Å². The van der Waals surface area contributed by atoms with Gasteiger partial charge in [-0.2, -0.15) is 0 Å². The van der Waals surface area contributed by atoms with E-state index < -0.39 is 5.54 Å². The first kappa shape index (κ1) is 15.5. The fourth-order valence-corrected chi connectivity index (χ4v) is 2.34. The number of nitrogens with one attached hydrogen (secondary N) is 2. The maximum atomic E-state index is 12.1. The predicted octanol–water partition coefficient (Wildman–Crippen LogP) is 1.53. The number of nitrogens with zero attached hydrogens (tertiary/aromatic N) is 3. The second-order valence-corrected chi connectivity index (χ2v) is 6.90. The Kier molecular flexibility index (Phi) is 3.82. The molecule has 0 spiro atoms. The van der Waals surface area contributed by atoms with Crippen LogP contribution in [0.25, 0.3) is 0 Å². The number of carbonyl (C=O) groups is 1. The maximum Gasteiger partial charge on any atom is 0.245 e. The molecule has 0 aromatic carbocycles. The van der Waals surface area contributed by atoms with E-state index in [0.29, 0.717) is 6.54 Å². The van der Waals surface area contributed by atoms with E-state index in [4.69, 9.17) is 4.98 Å². The Morgan fingerprint density at radius 2 is 2.00 bits per heavy atom. The lowest BCUT2D eigenvalue weighted by atomic mass is 9.95. The Bertz CT molecular complexity index is 547. The average Bonchev–Trinajstić information content (AvgIpc) is 2.40. The Morgan fingerprint density at radius 3 is 2.57 bits per heavy atom. The van der Waals surface area contributed by atoms with Gasteiger partial charge in [-0.1, -0.05) is 20.8 Å². The number of carbonyl (C=O) groups excluding carboxylic acids is 1. The van der Waals surface area contributed by atoms with Crippen LogP contribution in [0.2, 0.25) is 0 Å². The monoisotopic (exact) mass is 291 g/mol. The highest BCUT2D eigenvalue weighted by Crippen LogP contribution is 2.29. The molecule has 116 valence electrons. The van der Waals surface area contributed by atoms with Crippen molar-refractivity contribution < 1.29 is 4.79 Å². The summed E-state index contributed by atoms with van der Waals surface area (Å²) in [6.45, 7) is 11.5. The van der Waals surface area contributed by atoms with Crippen LogP contribution in [0, 0.1) is 0 Å². The normalized spacial score (nSPS) is 18.4. The highest BCUT2D eigenvalue weighted by molar-refractivity contribution is 5.90. The van der Waals surface area contributed by atoms with Crippen LogP contribution >= 0.6 is 0 Å². The van der Waals surface area contributed by atoms with Crippen molar-refractivity contribution in [3.63, 3.8) is 0 Å². The fraction of sp³-hybridized carbons (Fsp3) is 0.667. The molecule has 0 atom stereocenters. The van der Waals surface area contributed by atoms with Crippen LogP contribution in [-0.2, 0) is 10.2 Å². The fourth-order valence-electron chi connectivity index (χ4n) is 2.34. The Hall–Kier alpha value is -1.85. The molecule has 0 radical (unpaired) electrons. The van der Waals surface area contributed by atoms with E-state index in [1.165, 1.54) is 0 Å². The molecule has 0 aliphatic carbocycles. The Labute approximate surface area is 126 Å². The average molecular weight is 291 g/mol. The van der Waals surface area contributed by atoms with Crippen molar-refractivity contribution in [2.24, 2.45) is 0 Å². The van der Waals surface area contributed by atoms with Crippen LogP contribution in [0.4, 0.5) is 11.6 Å². The molecule has 1 aromatic heterocycles. The number of hydrogen-bond acceptors (Lipinski definition) is 5. The topological polar surface area (TPSA) is 70.2 Å². The zero-order valence-corrected chi connectivity index (χ0v) is 13.7. The largest absolute Gasteiger partial charge is 0.373 e. The third kappa shape index (κ3) is 2.94. The van der Waals surface area contributed by atoms with E-state index in [0.717, 1.165) is 24.0 Å². The molecule has 21 heavy (non-hydrogen) atoms. The van der Waals surface area contributed by atoms with Crippen molar-refractivity contribution in [3.05, 3.63) is 11.9 Å². The zero-order valence-electron chi connectivity index (χ0n) is 13.7. The minimum absolute atomic E-state index is 0.0238. The van der Waals surface area contributed by atoms with Crippen LogP contribution in [0.1, 0.15) is 40.4 Å². The summed E-state index contributed by atoms with van der Waals surface area (Å²) in [4.78, 5) is 23.4. The lowest BCUT2D eigenvalue weighted by molar-refractivity contribution is -0.126. The van der Waals surface area contributed by atoms with Gasteiger partial charge in [-0.3, -0.25) is 4.79 Å². The van der Waals surface area contributed by atoms with Crippen molar-refractivity contribution in [2.45, 2.75) is 45.6 Å². The second-order valence-electron chi connectivity index (χ2n) is 6.90. The summed E-state index contributed by atoms with van der Waals surface area (Å²) in [5, 5.41) is 5.99. The molecule has 0 unspecified atom stereocenters. The van der Waals surface area contributed by atoms with Gasteiger partial charge in [0.2, 0.25) is 5.91 Å². The van der Waals surface area contributed by atoms with E-state index >= 15 is 0 Å². The molecule has 2 rings (SSSR count). The van der Waals surface area contributed by atoms with Gasteiger partial charge < -0.3 is 15.5 Å². The second kappa shape index (κ2) is 5.16. The molecule has 1 aliphatic heterocycles. The molecule has 6 nitrogen and oxygen atoms in total. The third-order valence-electron chi connectivity index (χ3n) is 3.77. The SMILES string of the molecule is CNc1cc(N2CCNC(=O)C2(C)C)nc(C(C)(C)C)n1. The zero-order chi connectivity index (χ0) is 15.8. The van der Waals surface area contributed by atoms with Crippen molar-refractivity contribution in [3.8, 4) is 0 Å². The van der Waals surface area contributed by atoms with Gasteiger partial charge in [0.15, 0.2) is 0 Å². The van der Waals surface area contributed by atoms with Crippen LogP contribution in [0.5, 0.6) is 0 Å². The molecular formula is C15H25N5O. The number of hydrogen-bond donors (Lipinski definition) is 2. The molecule has 6 heteroatoms. The number of aromatic nitrogens is 2. The van der Waals surface area contributed by atoms with Gasteiger partial charge in [-0.05, 0) is 13.8 Å². The standard InChI is InChI=1S/C15H25N5O/c1-14(2,3)12-18-10(16-6)9-11(19-12)20-8-7-17-13(21)15(20,4)5/h9H,7-8H2,1-6H3,(H,17,21)(H,16,18,19). The van der Waals surface area contributed by atoms with Gasteiger partial charge in [-0.15, -0.1) is 0 Å². The van der Waals surface area contributed by atoms with Crippen LogP contribution < -0.4 is 15.5 Å². The summed E-state index contributed by atoms with van der Waals surface area (Å²) in [5.41, 5.74) is -0.767. The van der Waals surface area contributed by atoms with Crippen molar-refractivity contribution in [1.29, 1.82) is 0 Å². The van der Waals surface area contributed by atoms with Crippen LogP contribution in [0.15, 0.2) is 6.07 Å². The first-order chi connectivity index (χ1) is 9.66. The molecule has 2 heterocycles. The Morgan fingerprint density at radius 1 is 1.33 bits per heavy atom. The highest BCUT2D eigenvalue weighted by Gasteiger charge is 2.39.